The molecule has 0 fully saturated rings. The van der Waals surface area contributed by atoms with Crippen LogP contribution in [0.5, 0.6) is 0 Å². The molecule has 1 aromatic heterocycles. The first-order valence-corrected chi connectivity index (χ1v) is 22.6. The van der Waals surface area contributed by atoms with Crippen LogP contribution in [-0.2, 0) is 27.1 Å². The zero-order chi connectivity index (χ0) is 43.9. The van der Waals surface area contributed by atoms with Crippen LogP contribution in [0.4, 0.5) is 17.1 Å². The van der Waals surface area contributed by atoms with Crippen LogP contribution in [0.2, 0.25) is 0 Å². The van der Waals surface area contributed by atoms with Crippen LogP contribution >= 0.6 is 0 Å². The molecule has 2 heteroatoms. The van der Waals surface area contributed by atoms with Crippen LogP contribution in [0.25, 0.3) is 55.3 Å². The smallest absolute Gasteiger partial charge is 0.137 e. The second-order valence-electron chi connectivity index (χ2n) is 22.4. The van der Waals surface area contributed by atoms with Gasteiger partial charge in [-0.15, -0.1) is 0 Å². The molecular weight excluding hydrogens is 751 g/mol. The van der Waals surface area contributed by atoms with Gasteiger partial charge in [-0.05, 0) is 137 Å². The first-order valence-electron chi connectivity index (χ1n) is 22.6. The third-order valence-electron chi connectivity index (χ3n) is 14.3. The fraction of sp³-hybridized carbons (Fsp3) is 0.300. The number of nitrogens with zero attached hydrogens (tertiary/aromatic N) is 1. The Labute approximate surface area is 369 Å². The van der Waals surface area contributed by atoms with E-state index in [1.807, 2.05) is 0 Å². The Kier molecular flexibility index (Phi) is 8.64. The van der Waals surface area contributed by atoms with Crippen molar-refractivity contribution in [1.82, 2.24) is 0 Å². The summed E-state index contributed by atoms with van der Waals surface area (Å²) < 4.78 is 6.77. The Hall–Kier alpha value is -5.86. The predicted molar refractivity (Wildman–Crippen MR) is 265 cm³/mol. The highest BCUT2D eigenvalue weighted by Gasteiger charge is 2.38. The summed E-state index contributed by atoms with van der Waals surface area (Å²) in [6.07, 6.45) is 0. The maximum Gasteiger partial charge on any atom is 0.137 e. The molecule has 312 valence electrons. The van der Waals surface area contributed by atoms with Crippen LogP contribution in [0, 0.1) is 0 Å². The van der Waals surface area contributed by atoms with E-state index in [9.17, 15) is 0 Å². The lowest BCUT2D eigenvalue weighted by atomic mass is 9.79. The van der Waals surface area contributed by atoms with E-state index in [1.54, 1.807) is 0 Å². The lowest BCUT2D eigenvalue weighted by Crippen LogP contribution is -2.19. The number of anilines is 3. The molecule has 2 nitrogen and oxygen atoms in total. The lowest BCUT2D eigenvalue weighted by Gasteiger charge is -2.30. The molecule has 0 unspecified atom stereocenters. The molecule has 0 aliphatic heterocycles. The Morgan fingerprint density at radius 2 is 0.871 bits per heavy atom. The van der Waals surface area contributed by atoms with Crippen LogP contribution in [0.1, 0.15) is 129 Å². The number of hydrogen-bond donors (Lipinski definition) is 0. The molecule has 7 aromatic carbocycles. The molecule has 0 N–H and O–H groups in total. The largest absolute Gasteiger partial charge is 0.456 e. The van der Waals surface area contributed by atoms with Gasteiger partial charge in [-0.1, -0.05) is 169 Å². The minimum absolute atomic E-state index is 0.0393. The summed E-state index contributed by atoms with van der Waals surface area (Å²) >= 11 is 0. The maximum atomic E-state index is 6.77. The van der Waals surface area contributed by atoms with Gasteiger partial charge in [0.2, 0.25) is 0 Å². The van der Waals surface area contributed by atoms with Crippen molar-refractivity contribution in [3.8, 4) is 33.4 Å². The normalized spacial score (nSPS) is 15.1. The standard InChI is InChI=1S/C60H61NO/c1-56(2,3)38-19-23-45-47-25-21-42(34-53(47)60(12,13)51(45)32-38)61(41-20-24-46-44-16-14-15-17-50(44)59(10,11)52(46)33-41)43-22-26-48-49-30-36(18-27-54(49)62-55(48)35-43)37-28-39(57(4,5)6)31-40(29-37)58(7,8)9/h14-35H,1-13H3. The summed E-state index contributed by atoms with van der Waals surface area (Å²) in [5.74, 6) is 0. The molecule has 10 rings (SSSR count). The first kappa shape index (κ1) is 40.2. The van der Waals surface area contributed by atoms with Gasteiger partial charge in [0.05, 0.1) is 0 Å². The fourth-order valence-corrected chi connectivity index (χ4v) is 10.4. The zero-order valence-corrected chi connectivity index (χ0v) is 39.1. The molecule has 0 radical (unpaired) electrons. The second kappa shape index (κ2) is 13.3. The summed E-state index contributed by atoms with van der Waals surface area (Å²) in [5.41, 5.74) is 22.4. The first-order chi connectivity index (χ1) is 29.1. The minimum atomic E-state index is -0.157. The Balaban J connectivity index is 1.13. The topological polar surface area (TPSA) is 16.4 Å². The average Bonchev–Trinajstić information content (AvgIpc) is 3.78. The fourth-order valence-electron chi connectivity index (χ4n) is 10.4. The molecule has 62 heavy (non-hydrogen) atoms. The highest BCUT2D eigenvalue weighted by molar-refractivity contribution is 6.07. The van der Waals surface area contributed by atoms with Crippen LogP contribution in [0.3, 0.4) is 0 Å². The SMILES string of the molecule is CC(C)(C)c1cc(-c2ccc3oc4cc(N(c5ccc6c(c5)C(C)(C)c5ccccc5-6)c5ccc6c(c5)C(C)(C)c5cc(C(C)(C)C)ccc5-6)ccc4c3c2)cc(C(C)(C)C)c1. The van der Waals surface area contributed by atoms with Gasteiger partial charge < -0.3 is 9.32 Å². The molecule has 2 aliphatic rings. The van der Waals surface area contributed by atoms with Crippen molar-refractivity contribution in [2.75, 3.05) is 4.90 Å². The number of hydrogen-bond acceptors (Lipinski definition) is 2. The third kappa shape index (κ3) is 6.27. The van der Waals surface area contributed by atoms with Gasteiger partial charge in [-0.25, -0.2) is 0 Å². The van der Waals surface area contributed by atoms with Crippen molar-refractivity contribution in [3.05, 3.63) is 172 Å². The molecule has 0 amide bonds. The van der Waals surface area contributed by atoms with E-state index in [0.717, 1.165) is 39.0 Å². The van der Waals surface area contributed by atoms with Crippen LogP contribution in [-0.4, -0.2) is 0 Å². The number of fused-ring (bicyclic) bond motifs is 9. The van der Waals surface area contributed by atoms with Gasteiger partial charge in [0.1, 0.15) is 11.2 Å². The van der Waals surface area contributed by atoms with E-state index in [1.165, 1.54) is 72.3 Å². The van der Waals surface area contributed by atoms with Crippen molar-refractivity contribution < 1.29 is 4.42 Å². The van der Waals surface area contributed by atoms with E-state index < -0.39 is 0 Å². The molecular formula is C60H61NO. The van der Waals surface area contributed by atoms with Crippen molar-refractivity contribution >= 4 is 39.0 Å². The summed E-state index contributed by atoms with van der Waals surface area (Å²) in [4.78, 5) is 2.45. The van der Waals surface area contributed by atoms with Crippen molar-refractivity contribution in [2.24, 2.45) is 0 Å². The Bertz CT molecular complexity index is 3100. The Morgan fingerprint density at radius 1 is 0.371 bits per heavy atom. The zero-order valence-electron chi connectivity index (χ0n) is 39.1. The average molecular weight is 812 g/mol. The lowest BCUT2D eigenvalue weighted by molar-refractivity contribution is 0.569. The van der Waals surface area contributed by atoms with Crippen LogP contribution < -0.4 is 4.90 Å². The Morgan fingerprint density at radius 3 is 1.47 bits per heavy atom. The number of furan rings is 1. The molecule has 2 aliphatic carbocycles. The van der Waals surface area contributed by atoms with E-state index in [2.05, 4.69) is 228 Å². The van der Waals surface area contributed by atoms with Gasteiger partial charge in [0, 0.05) is 44.7 Å². The van der Waals surface area contributed by atoms with E-state index >= 15 is 0 Å². The molecule has 0 spiro atoms. The maximum absolute atomic E-state index is 6.77. The third-order valence-corrected chi connectivity index (χ3v) is 14.3. The van der Waals surface area contributed by atoms with E-state index in [0.29, 0.717) is 0 Å². The van der Waals surface area contributed by atoms with Gasteiger partial charge in [-0.2, -0.15) is 0 Å². The van der Waals surface area contributed by atoms with Gasteiger partial charge in [-0.3, -0.25) is 0 Å². The quantitative estimate of drug-likeness (QED) is 0.176. The predicted octanol–water partition coefficient (Wildman–Crippen LogP) is 17.2. The summed E-state index contributed by atoms with van der Waals surface area (Å²) in [6, 6.07) is 50.9. The highest BCUT2D eigenvalue weighted by atomic mass is 16.3. The molecule has 0 saturated heterocycles. The highest BCUT2D eigenvalue weighted by Crippen LogP contribution is 2.54. The summed E-state index contributed by atoms with van der Waals surface area (Å²) in [7, 11) is 0. The number of benzene rings is 7. The number of rotatable bonds is 4. The molecule has 0 atom stereocenters. The summed E-state index contributed by atoms with van der Waals surface area (Å²) in [6.45, 7) is 30.3. The van der Waals surface area contributed by atoms with Gasteiger partial charge in [0.15, 0.2) is 0 Å². The van der Waals surface area contributed by atoms with Crippen LogP contribution in [0.15, 0.2) is 138 Å². The molecule has 0 saturated carbocycles. The molecule has 1 heterocycles. The van der Waals surface area contributed by atoms with E-state index in [-0.39, 0.29) is 27.1 Å². The van der Waals surface area contributed by atoms with Gasteiger partial charge in [0.25, 0.3) is 0 Å². The van der Waals surface area contributed by atoms with Crippen molar-refractivity contribution in [1.29, 1.82) is 0 Å². The monoisotopic (exact) mass is 811 g/mol. The minimum Gasteiger partial charge on any atom is -0.456 e. The van der Waals surface area contributed by atoms with Crippen molar-refractivity contribution in [3.63, 3.8) is 0 Å². The molecule has 0 bridgehead atoms. The van der Waals surface area contributed by atoms with E-state index in [4.69, 9.17) is 4.42 Å². The second-order valence-corrected chi connectivity index (χ2v) is 22.4. The van der Waals surface area contributed by atoms with Crippen molar-refractivity contribution in [2.45, 2.75) is 117 Å². The molecule has 8 aromatic rings. The van der Waals surface area contributed by atoms with Gasteiger partial charge >= 0.3 is 0 Å². The summed E-state index contributed by atoms with van der Waals surface area (Å²) in [5, 5.41) is 2.26.